The average molecular weight is 239 g/mol. The highest BCUT2D eigenvalue weighted by atomic mass is 16.5. The number of piperidine rings is 1. The molecule has 4 nitrogen and oxygen atoms in total. The van der Waals surface area contributed by atoms with Crippen LogP contribution >= 0.6 is 0 Å². The fourth-order valence-electron chi connectivity index (χ4n) is 2.50. The summed E-state index contributed by atoms with van der Waals surface area (Å²) in [6.07, 6.45) is 6.53. The number of ether oxygens (including phenoxy) is 1. The first-order valence-electron chi connectivity index (χ1n) is 6.57. The summed E-state index contributed by atoms with van der Waals surface area (Å²) < 4.78 is 4.70. The van der Waals surface area contributed by atoms with Crippen molar-refractivity contribution in [3.05, 3.63) is 0 Å². The summed E-state index contributed by atoms with van der Waals surface area (Å²) in [7, 11) is 1.40. The topological polar surface area (TPSA) is 46.6 Å². The minimum absolute atomic E-state index is 0.0717. The lowest BCUT2D eigenvalue weighted by molar-refractivity contribution is -0.144. The van der Waals surface area contributed by atoms with E-state index in [2.05, 4.69) is 0 Å². The fraction of sp³-hybridized carbons (Fsp3) is 0.846. The first-order chi connectivity index (χ1) is 8.20. The molecule has 0 aromatic carbocycles. The Morgan fingerprint density at radius 3 is 2.59 bits per heavy atom. The van der Waals surface area contributed by atoms with Crippen molar-refractivity contribution in [3.63, 3.8) is 0 Å². The molecule has 1 heterocycles. The molecular weight excluding hydrogens is 218 g/mol. The van der Waals surface area contributed by atoms with Gasteiger partial charge in [0.05, 0.1) is 13.5 Å². The Balaban J connectivity index is 1.90. The molecule has 1 unspecified atom stereocenters. The first kappa shape index (κ1) is 12.4. The van der Waals surface area contributed by atoms with Crippen LogP contribution in [0.1, 0.15) is 44.9 Å². The highest BCUT2D eigenvalue weighted by Gasteiger charge is 2.32. The summed E-state index contributed by atoms with van der Waals surface area (Å²) in [5.74, 6) is 0.644. The molecule has 0 radical (unpaired) electrons. The summed E-state index contributed by atoms with van der Waals surface area (Å²) in [5, 5.41) is 0. The van der Waals surface area contributed by atoms with E-state index in [4.69, 9.17) is 4.74 Å². The van der Waals surface area contributed by atoms with Gasteiger partial charge in [0.15, 0.2) is 0 Å². The zero-order valence-corrected chi connectivity index (χ0v) is 10.5. The third-order valence-electron chi connectivity index (χ3n) is 3.74. The van der Waals surface area contributed by atoms with E-state index in [1.54, 1.807) is 0 Å². The lowest BCUT2D eigenvalue weighted by Crippen LogP contribution is -2.45. The van der Waals surface area contributed by atoms with Crippen molar-refractivity contribution in [2.75, 3.05) is 13.7 Å². The van der Waals surface area contributed by atoms with E-state index < -0.39 is 0 Å². The van der Waals surface area contributed by atoms with Gasteiger partial charge in [0.1, 0.15) is 0 Å². The predicted molar refractivity (Wildman–Crippen MR) is 63.3 cm³/mol. The minimum atomic E-state index is -0.207. The quantitative estimate of drug-likeness (QED) is 0.702. The Morgan fingerprint density at radius 1 is 1.18 bits per heavy atom. The van der Waals surface area contributed by atoms with E-state index in [-0.39, 0.29) is 17.9 Å². The highest BCUT2D eigenvalue weighted by molar-refractivity contribution is 5.78. The van der Waals surface area contributed by atoms with Crippen LogP contribution in [0.2, 0.25) is 0 Å². The lowest BCUT2D eigenvalue weighted by Gasteiger charge is -2.35. The van der Waals surface area contributed by atoms with Gasteiger partial charge in [-0.15, -0.1) is 0 Å². The Kier molecular flexibility index (Phi) is 4.02. The van der Waals surface area contributed by atoms with E-state index in [9.17, 15) is 9.59 Å². The number of nitrogens with zero attached hydrogens (tertiary/aromatic N) is 1. The highest BCUT2D eigenvalue weighted by Crippen LogP contribution is 2.34. The smallest absolute Gasteiger partial charge is 0.307 e. The number of carbonyl (C=O) groups is 2. The second-order valence-electron chi connectivity index (χ2n) is 5.16. The molecule has 0 aromatic rings. The number of likely N-dealkylation sites (tertiary alicyclic amines) is 1. The minimum Gasteiger partial charge on any atom is -0.469 e. The fourth-order valence-corrected chi connectivity index (χ4v) is 2.50. The molecule has 2 rings (SSSR count). The molecule has 1 atom stereocenters. The van der Waals surface area contributed by atoms with Crippen molar-refractivity contribution in [2.45, 2.75) is 51.0 Å². The lowest BCUT2D eigenvalue weighted by atomic mass is 9.98. The molecule has 4 heteroatoms. The number of rotatable bonds is 4. The second kappa shape index (κ2) is 5.52. The van der Waals surface area contributed by atoms with Crippen molar-refractivity contribution >= 4 is 11.9 Å². The standard InChI is InChI=1S/C13H21NO3/c1-17-13(16)9-11-4-2-3-7-14(11)12(15)8-10-5-6-10/h10-11H,2-9H2,1H3. The van der Waals surface area contributed by atoms with Crippen LogP contribution in [0.5, 0.6) is 0 Å². The van der Waals surface area contributed by atoms with Crippen LogP contribution in [0.25, 0.3) is 0 Å². The maximum atomic E-state index is 12.1. The molecule has 1 aliphatic carbocycles. The Labute approximate surface area is 102 Å². The van der Waals surface area contributed by atoms with Crippen molar-refractivity contribution in [1.82, 2.24) is 4.90 Å². The van der Waals surface area contributed by atoms with Crippen LogP contribution in [0.15, 0.2) is 0 Å². The molecule has 17 heavy (non-hydrogen) atoms. The van der Waals surface area contributed by atoms with E-state index in [0.717, 1.165) is 25.8 Å². The molecule has 1 saturated heterocycles. The normalized spacial score (nSPS) is 24.5. The van der Waals surface area contributed by atoms with Crippen molar-refractivity contribution < 1.29 is 14.3 Å². The molecule has 2 aliphatic rings. The van der Waals surface area contributed by atoms with Gasteiger partial charge in [-0.1, -0.05) is 0 Å². The SMILES string of the molecule is COC(=O)CC1CCCCN1C(=O)CC1CC1. The average Bonchev–Trinajstić information content (AvgIpc) is 3.13. The third-order valence-corrected chi connectivity index (χ3v) is 3.74. The molecule has 0 spiro atoms. The largest absolute Gasteiger partial charge is 0.469 e. The molecule has 1 amide bonds. The zero-order chi connectivity index (χ0) is 12.3. The summed E-state index contributed by atoms with van der Waals surface area (Å²) in [6.45, 7) is 0.813. The first-order valence-corrected chi connectivity index (χ1v) is 6.57. The second-order valence-corrected chi connectivity index (χ2v) is 5.16. The maximum absolute atomic E-state index is 12.1. The van der Waals surface area contributed by atoms with Gasteiger partial charge >= 0.3 is 5.97 Å². The molecular formula is C13H21NO3. The Morgan fingerprint density at radius 2 is 1.94 bits per heavy atom. The van der Waals surface area contributed by atoms with Gasteiger partial charge < -0.3 is 9.64 Å². The van der Waals surface area contributed by atoms with Gasteiger partial charge in [-0.05, 0) is 38.0 Å². The number of amides is 1. The van der Waals surface area contributed by atoms with E-state index in [1.165, 1.54) is 20.0 Å². The van der Waals surface area contributed by atoms with Gasteiger partial charge in [0, 0.05) is 19.0 Å². The van der Waals surface area contributed by atoms with Gasteiger partial charge in [0.2, 0.25) is 5.91 Å². The predicted octanol–water partition coefficient (Wildman–Crippen LogP) is 1.73. The number of carbonyl (C=O) groups excluding carboxylic acids is 2. The summed E-state index contributed by atoms with van der Waals surface area (Å²) in [6, 6.07) is 0.0717. The van der Waals surface area contributed by atoms with Crippen molar-refractivity contribution in [1.29, 1.82) is 0 Å². The van der Waals surface area contributed by atoms with Gasteiger partial charge in [-0.2, -0.15) is 0 Å². The maximum Gasteiger partial charge on any atom is 0.307 e. The molecule has 2 fully saturated rings. The van der Waals surface area contributed by atoms with Crippen LogP contribution in [-0.2, 0) is 14.3 Å². The van der Waals surface area contributed by atoms with Gasteiger partial charge in [-0.25, -0.2) is 0 Å². The van der Waals surface area contributed by atoms with Crippen molar-refractivity contribution in [2.24, 2.45) is 5.92 Å². The third kappa shape index (κ3) is 3.45. The summed E-state index contributed by atoms with van der Waals surface area (Å²) >= 11 is 0. The number of esters is 1. The van der Waals surface area contributed by atoms with Crippen LogP contribution in [-0.4, -0.2) is 36.5 Å². The molecule has 96 valence electrons. The molecule has 0 N–H and O–H groups in total. The monoisotopic (exact) mass is 239 g/mol. The van der Waals surface area contributed by atoms with E-state index in [1.807, 2.05) is 4.90 Å². The van der Waals surface area contributed by atoms with Crippen LogP contribution in [0, 0.1) is 5.92 Å². The summed E-state index contributed by atoms with van der Waals surface area (Å²) in [4.78, 5) is 25.3. The van der Waals surface area contributed by atoms with Crippen LogP contribution in [0.3, 0.4) is 0 Å². The molecule has 0 bridgehead atoms. The van der Waals surface area contributed by atoms with E-state index >= 15 is 0 Å². The summed E-state index contributed by atoms with van der Waals surface area (Å²) in [5.41, 5.74) is 0. The van der Waals surface area contributed by atoms with Crippen LogP contribution in [0.4, 0.5) is 0 Å². The number of hydrogen-bond acceptors (Lipinski definition) is 3. The van der Waals surface area contributed by atoms with Crippen molar-refractivity contribution in [3.8, 4) is 0 Å². The van der Waals surface area contributed by atoms with Crippen LogP contribution < -0.4 is 0 Å². The zero-order valence-electron chi connectivity index (χ0n) is 10.5. The molecule has 0 aromatic heterocycles. The number of hydrogen-bond donors (Lipinski definition) is 0. The van der Waals surface area contributed by atoms with E-state index in [0.29, 0.717) is 18.8 Å². The van der Waals surface area contributed by atoms with Gasteiger partial charge in [0.25, 0.3) is 0 Å². The Bertz CT molecular complexity index is 299. The molecule has 1 saturated carbocycles. The Hall–Kier alpha value is -1.06. The van der Waals surface area contributed by atoms with Gasteiger partial charge in [-0.3, -0.25) is 9.59 Å². The molecule has 1 aliphatic heterocycles. The number of methoxy groups -OCH3 is 1.